The Hall–Kier alpha value is -2.80. The molecule has 4 rings (SSSR count). The lowest BCUT2D eigenvalue weighted by atomic mass is 10.2. The van der Waals surface area contributed by atoms with Crippen LogP contribution >= 0.6 is 23.4 Å². The fraction of sp³-hybridized carbons (Fsp3) is 0.0909. The van der Waals surface area contributed by atoms with Gasteiger partial charge in [0.05, 0.1) is 29.6 Å². The minimum absolute atomic E-state index is 0.0938. The summed E-state index contributed by atoms with van der Waals surface area (Å²) in [6, 6.07) is 14.5. The molecule has 0 spiro atoms. The average Bonchev–Trinajstić information content (AvgIpc) is 2.99. The van der Waals surface area contributed by atoms with E-state index in [1.54, 1.807) is 30.6 Å². The number of nitrogens with zero attached hydrogens (tertiary/aromatic N) is 2. The van der Waals surface area contributed by atoms with Crippen LogP contribution in [0.5, 0.6) is 0 Å². The summed E-state index contributed by atoms with van der Waals surface area (Å²) in [6.07, 6.45) is 3.37. The van der Waals surface area contributed by atoms with Crippen LogP contribution in [-0.4, -0.2) is 25.7 Å². The van der Waals surface area contributed by atoms with E-state index in [1.807, 2.05) is 37.3 Å². The minimum Gasteiger partial charge on any atom is -0.478 e. The van der Waals surface area contributed by atoms with Crippen molar-refractivity contribution in [2.75, 3.05) is 0 Å². The highest BCUT2D eigenvalue weighted by molar-refractivity contribution is 7.99. The Morgan fingerprint density at radius 3 is 2.76 bits per heavy atom. The molecule has 0 aliphatic rings. The molecule has 0 radical (unpaired) electrons. The first-order chi connectivity index (χ1) is 14.0. The molecule has 0 saturated heterocycles. The fourth-order valence-corrected chi connectivity index (χ4v) is 4.57. The summed E-state index contributed by atoms with van der Waals surface area (Å²) in [6.45, 7) is 1.91. The Balaban J connectivity index is 1.90. The number of aromatic nitrogens is 2. The van der Waals surface area contributed by atoms with E-state index in [9.17, 15) is 15.0 Å². The fourth-order valence-electron chi connectivity index (χ4n) is 3.31. The Morgan fingerprint density at radius 1 is 1.17 bits per heavy atom. The van der Waals surface area contributed by atoms with Crippen LogP contribution in [0.3, 0.4) is 0 Å². The monoisotopic (exact) mass is 424 g/mol. The van der Waals surface area contributed by atoms with E-state index in [1.165, 1.54) is 11.8 Å². The van der Waals surface area contributed by atoms with E-state index in [0.717, 1.165) is 32.1 Å². The third-order valence-electron chi connectivity index (χ3n) is 4.63. The lowest BCUT2D eigenvalue weighted by molar-refractivity contribution is 0.0696. The van der Waals surface area contributed by atoms with Gasteiger partial charge in [0.15, 0.2) is 0 Å². The lowest BCUT2D eigenvalue weighted by Crippen LogP contribution is -1.99. The molecule has 0 aliphatic carbocycles. The van der Waals surface area contributed by atoms with Crippen molar-refractivity contribution in [2.45, 2.75) is 23.3 Å². The molecule has 0 bridgehead atoms. The van der Waals surface area contributed by atoms with E-state index >= 15 is 0 Å². The summed E-state index contributed by atoms with van der Waals surface area (Å²) >= 11 is 7.78. The van der Waals surface area contributed by atoms with E-state index in [2.05, 4.69) is 9.55 Å². The zero-order chi connectivity index (χ0) is 20.5. The van der Waals surface area contributed by atoms with Gasteiger partial charge >= 0.3 is 5.97 Å². The van der Waals surface area contributed by atoms with Crippen LogP contribution in [0, 0.1) is 6.92 Å². The molecule has 146 valence electrons. The molecule has 29 heavy (non-hydrogen) atoms. The van der Waals surface area contributed by atoms with E-state index in [4.69, 9.17) is 11.6 Å². The molecule has 4 aromatic rings. The van der Waals surface area contributed by atoms with Crippen molar-refractivity contribution in [3.63, 3.8) is 0 Å². The number of pyridine rings is 1. The zero-order valence-electron chi connectivity index (χ0n) is 15.5. The third kappa shape index (κ3) is 3.74. The maximum atomic E-state index is 11.3. The summed E-state index contributed by atoms with van der Waals surface area (Å²) in [4.78, 5) is 17.4. The van der Waals surface area contributed by atoms with Gasteiger partial charge in [0.25, 0.3) is 0 Å². The first-order valence-electron chi connectivity index (χ1n) is 8.85. The summed E-state index contributed by atoms with van der Waals surface area (Å²) in [5, 5.41) is 20.4. The highest BCUT2D eigenvalue weighted by atomic mass is 35.5. The quantitative estimate of drug-likeness (QED) is 0.453. The summed E-state index contributed by atoms with van der Waals surface area (Å²) in [5.41, 5.74) is 3.69. The smallest absolute Gasteiger partial charge is 0.335 e. The molecular weight excluding hydrogens is 408 g/mol. The van der Waals surface area contributed by atoms with Gasteiger partial charge < -0.3 is 14.8 Å². The number of hydrogen-bond donors (Lipinski definition) is 2. The first-order valence-corrected chi connectivity index (χ1v) is 10.0. The van der Waals surface area contributed by atoms with Crippen LogP contribution in [0.15, 0.2) is 70.7 Å². The number of hydrogen-bond acceptors (Lipinski definition) is 4. The van der Waals surface area contributed by atoms with Gasteiger partial charge in [-0.2, -0.15) is 0 Å². The van der Waals surface area contributed by atoms with Crippen LogP contribution in [-0.2, 0) is 6.61 Å². The van der Waals surface area contributed by atoms with Gasteiger partial charge in [0.1, 0.15) is 0 Å². The van der Waals surface area contributed by atoms with Gasteiger partial charge in [-0.05, 0) is 48.9 Å². The van der Waals surface area contributed by atoms with Crippen molar-refractivity contribution in [1.29, 1.82) is 0 Å². The molecule has 2 heterocycles. The molecule has 7 heteroatoms. The van der Waals surface area contributed by atoms with Crippen molar-refractivity contribution >= 4 is 40.2 Å². The maximum Gasteiger partial charge on any atom is 0.335 e. The number of fused-ring (bicyclic) bond motifs is 1. The first kappa shape index (κ1) is 19.5. The molecule has 0 amide bonds. The second-order valence-corrected chi connectivity index (χ2v) is 8.08. The molecule has 2 aromatic heterocycles. The zero-order valence-corrected chi connectivity index (χ0v) is 17.0. The molecule has 0 aliphatic heterocycles. The number of aromatic carboxylic acids is 1. The Bertz CT molecular complexity index is 1240. The van der Waals surface area contributed by atoms with Crippen LogP contribution in [0.4, 0.5) is 0 Å². The van der Waals surface area contributed by atoms with Gasteiger partial charge in [0.2, 0.25) is 0 Å². The Morgan fingerprint density at radius 2 is 2.00 bits per heavy atom. The predicted octanol–water partition coefficient (Wildman–Crippen LogP) is 5.33. The summed E-state index contributed by atoms with van der Waals surface area (Å²) in [5.74, 6) is -0.953. The molecule has 2 aromatic carbocycles. The van der Waals surface area contributed by atoms with Gasteiger partial charge in [-0.1, -0.05) is 35.5 Å². The largest absolute Gasteiger partial charge is 0.478 e. The van der Waals surface area contributed by atoms with Crippen molar-refractivity contribution in [3.05, 3.63) is 82.8 Å². The van der Waals surface area contributed by atoms with E-state index < -0.39 is 5.97 Å². The maximum absolute atomic E-state index is 11.3. The number of halogens is 1. The van der Waals surface area contributed by atoms with Crippen LogP contribution in [0.2, 0.25) is 5.02 Å². The number of carbonyl (C=O) groups is 1. The van der Waals surface area contributed by atoms with E-state index in [-0.39, 0.29) is 12.2 Å². The lowest BCUT2D eigenvalue weighted by Gasteiger charge is -2.10. The van der Waals surface area contributed by atoms with Crippen molar-refractivity contribution < 1.29 is 15.0 Å². The molecular formula is C22H17ClN2O3S. The molecule has 0 unspecified atom stereocenters. The molecule has 5 nitrogen and oxygen atoms in total. The van der Waals surface area contributed by atoms with E-state index in [0.29, 0.717) is 10.6 Å². The summed E-state index contributed by atoms with van der Waals surface area (Å²) in [7, 11) is 0. The number of rotatable bonds is 5. The highest BCUT2D eigenvalue weighted by Crippen LogP contribution is 2.40. The third-order valence-corrected chi connectivity index (χ3v) is 6.08. The second-order valence-electron chi connectivity index (χ2n) is 6.56. The van der Waals surface area contributed by atoms with Crippen LogP contribution in [0.1, 0.15) is 21.6 Å². The van der Waals surface area contributed by atoms with Gasteiger partial charge in [-0.15, -0.1) is 0 Å². The predicted molar refractivity (Wildman–Crippen MR) is 114 cm³/mol. The Kier molecular flexibility index (Phi) is 5.32. The topological polar surface area (TPSA) is 75.3 Å². The van der Waals surface area contributed by atoms with Crippen molar-refractivity contribution in [2.24, 2.45) is 0 Å². The average molecular weight is 425 g/mol. The summed E-state index contributed by atoms with van der Waals surface area (Å²) < 4.78 is 2.05. The number of aliphatic hydroxyl groups is 1. The number of carboxylic acid groups (broad SMARTS) is 1. The van der Waals surface area contributed by atoms with Gasteiger partial charge in [-0.3, -0.25) is 4.98 Å². The van der Waals surface area contributed by atoms with Gasteiger partial charge in [-0.25, -0.2) is 4.79 Å². The number of carboxylic acids is 1. The second kappa shape index (κ2) is 7.91. The highest BCUT2D eigenvalue weighted by Gasteiger charge is 2.18. The minimum atomic E-state index is -0.953. The van der Waals surface area contributed by atoms with Crippen molar-refractivity contribution in [3.8, 4) is 5.69 Å². The van der Waals surface area contributed by atoms with Gasteiger partial charge in [0, 0.05) is 32.1 Å². The molecule has 0 saturated carbocycles. The number of aliphatic hydroxyl groups excluding tert-OH is 1. The van der Waals surface area contributed by atoms with Crippen LogP contribution in [0.25, 0.3) is 16.6 Å². The molecule has 0 atom stereocenters. The number of benzene rings is 2. The molecule has 0 fully saturated rings. The SMILES string of the molecule is Cc1c(Sc2cccc(C(=O)O)c2)c2ccc(Cl)cc2n1-c1cncc(CO)c1. The van der Waals surface area contributed by atoms with Crippen molar-refractivity contribution in [1.82, 2.24) is 9.55 Å². The Labute approximate surface area is 176 Å². The standard InChI is InChI=1S/C22H17ClN2O3S/c1-13-21(29-18-4-2-3-15(8-18)22(27)28)19-6-5-16(23)9-20(19)25(13)17-7-14(12-26)10-24-11-17/h2-11,26H,12H2,1H3,(H,27,28). The molecule has 2 N–H and O–H groups in total. The van der Waals surface area contributed by atoms with Crippen LogP contribution < -0.4 is 0 Å². The normalized spacial score (nSPS) is 11.1.